The summed E-state index contributed by atoms with van der Waals surface area (Å²) >= 11 is 0. The Morgan fingerprint density at radius 2 is 1.19 bits per heavy atom. The summed E-state index contributed by atoms with van der Waals surface area (Å²) in [5.74, 6) is 0.216. The molecule has 1 nitrogen and oxygen atoms in total. The molecule has 10 rings (SSSR count). The van der Waals surface area contributed by atoms with Crippen LogP contribution in [0.3, 0.4) is 0 Å². The highest BCUT2D eigenvalue weighted by Crippen LogP contribution is 2.60. The fourth-order valence-corrected chi connectivity index (χ4v) is 8.96. The van der Waals surface area contributed by atoms with Crippen LogP contribution in [0.4, 0.5) is 11.4 Å². The first-order chi connectivity index (χ1) is 23.6. The van der Waals surface area contributed by atoms with E-state index in [1.54, 1.807) is 0 Å². The van der Waals surface area contributed by atoms with Gasteiger partial charge < -0.3 is 4.90 Å². The van der Waals surface area contributed by atoms with Gasteiger partial charge in [0, 0.05) is 22.6 Å². The van der Waals surface area contributed by atoms with Crippen molar-refractivity contribution in [2.24, 2.45) is 0 Å². The van der Waals surface area contributed by atoms with E-state index in [1.165, 1.54) is 83.3 Å². The fourth-order valence-electron chi connectivity index (χ4n) is 8.96. The molecule has 1 heterocycles. The van der Waals surface area contributed by atoms with E-state index in [1.807, 2.05) is 0 Å². The van der Waals surface area contributed by atoms with Crippen LogP contribution in [0.25, 0.3) is 50.2 Å². The molecule has 0 aromatic heterocycles. The Kier molecular flexibility index (Phi) is 5.82. The Morgan fingerprint density at radius 3 is 1.94 bits per heavy atom. The van der Waals surface area contributed by atoms with Crippen molar-refractivity contribution in [2.45, 2.75) is 31.2 Å². The third-order valence-electron chi connectivity index (χ3n) is 11.1. The van der Waals surface area contributed by atoms with Gasteiger partial charge in [0.15, 0.2) is 0 Å². The van der Waals surface area contributed by atoms with Crippen LogP contribution >= 0.6 is 0 Å². The number of rotatable bonds is 3. The molecule has 0 saturated heterocycles. The van der Waals surface area contributed by atoms with Gasteiger partial charge in [-0.05, 0) is 90.7 Å². The average Bonchev–Trinajstić information content (AvgIpc) is 3.48. The van der Waals surface area contributed by atoms with Gasteiger partial charge in [-0.15, -0.1) is 0 Å². The highest BCUT2D eigenvalue weighted by molar-refractivity contribution is 6.11. The van der Waals surface area contributed by atoms with E-state index in [9.17, 15) is 0 Å². The summed E-state index contributed by atoms with van der Waals surface area (Å²) in [5.41, 5.74) is 17.1. The molecule has 3 aliphatic rings. The summed E-state index contributed by atoms with van der Waals surface area (Å²) in [6.45, 7) is 4.78. The van der Waals surface area contributed by atoms with Gasteiger partial charge in [-0.2, -0.15) is 0 Å². The monoisotopic (exact) mass is 613 g/mol. The first kappa shape index (κ1) is 27.5. The Labute approximate surface area is 282 Å². The van der Waals surface area contributed by atoms with Crippen LogP contribution < -0.4 is 4.90 Å². The van der Waals surface area contributed by atoms with E-state index in [4.69, 9.17) is 0 Å². The molecule has 0 fully saturated rings. The highest BCUT2D eigenvalue weighted by atomic mass is 15.2. The number of anilines is 2. The number of hydrogen-bond donors (Lipinski definition) is 0. The SMILES string of the molecule is CC1(C)c2ccccc2-c2c3c(cc4cccc1c24)C1c2ccccc2C=CC1N3c1cc(-c2ccccc2)cc(-c2ccccc2)c1. The minimum atomic E-state index is -0.103. The molecule has 0 saturated carbocycles. The van der Waals surface area contributed by atoms with E-state index < -0.39 is 0 Å². The number of benzene rings is 7. The van der Waals surface area contributed by atoms with Crippen LogP contribution in [0.5, 0.6) is 0 Å². The van der Waals surface area contributed by atoms with Crippen molar-refractivity contribution in [3.8, 4) is 33.4 Å². The molecule has 0 radical (unpaired) electrons. The summed E-state index contributed by atoms with van der Waals surface area (Å²) < 4.78 is 0. The number of nitrogens with zero attached hydrogens (tertiary/aromatic N) is 1. The van der Waals surface area contributed by atoms with Gasteiger partial charge in [-0.3, -0.25) is 0 Å². The maximum Gasteiger partial charge on any atom is 0.0636 e. The van der Waals surface area contributed by atoms with E-state index in [0.29, 0.717) is 0 Å². The fraction of sp³-hybridized carbons (Fsp3) is 0.106. The van der Waals surface area contributed by atoms with Crippen molar-refractivity contribution in [1.82, 2.24) is 0 Å². The van der Waals surface area contributed by atoms with E-state index in [-0.39, 0.29) is 17.4 Å². The average molecular weight is 614 g/mol. The van der Waals surface area contributed by atoms with Gasteiger partial charge in [0.25, 0.3) is 0 Å². The summed E-state index contributed by atoms with van der Waals surface area (Å²) in [7, 11) is 0. The van der Waals surface area contributed by atoms with Gasteiger partial charge in [-0.25, -0.2) is 0 Å². The molecule has 1 aliphatic heterocycles. The molecule has 0 spiro atoms. The molecule has 0 N–H and O–H groups in total. The molecule has 48 heavy (non-hydrogen) atoms. The zero-order valence-electron chi connectivity index (χ0n) is 27.2. The Bertz CT molecular complexity index is 2370. The van der Waals surface area contributed by atoms with Crippen LogP contribution in [-0.2, 0) is 5.41 Å². The normalized spacial score (nSPS) is 17.8. The Hall–Kier alpha value is -5.66. The minimum Gasteiger partial charge on any atom is -0.333 e. The molecule has 7 aromatic carbocycles. The molecule has 0 bridgehead atoms. The smallest absolute Gasteiger partial charge is 0.0636 e. The summed E-state index contributed by atoms with van der Waals surface area (Å²) in [5, 5.41) is 2.72. The van der Waals surface area contributed by atoms with Gasteiger partial charge in [0.2, 0.25) is 0 Å². The minimum absolute atomic E-state index is 0.103. The molecule has 0 amide bonds. The lowest BCUT2D eigenvalue weighted by Gasteiger charge is -2.37. The lowest BCUT2D eigenvalue weighted by Crippen LogP contribution is -2.31. The molecule has 2 aliphatic carbocycles. The third kappa shape index (κ3) is 3.85. The highest BCUT2D eigenvalue weighted by Gasteiger charge is 2.45. The first-order valence-corrected chi connectivity index (χ1v) is 17.1. The molecule has 1 heteroatoms. The summed E-state index contributed by atoms with van der Waals surface area (Å²) in [6.07, 6.45) is 4.81. The Morgan fingerprint density at radius 1 is 0.542 bits per heavy atom. The van der Waals surface area contributed by atoms with Crippen LogP contribution in [-0.4, -0.2) is 6.04 Å². The van der Waals surface area contributed by atoms with Crippen LogP contribution in [0.2, 0.25) is 0 Å². The van der Waals surface area contributed by atoms with Crippen LogP contribution in [0.1, 0.15) is 47.6 Å². The number of fused-ring (bicyclic) bond motifs is 8. The largest absolute Gasteiger partial charge is 0.333 e. The molecular weight excluding hydrogens is 579 g/mol. The lowest BCUT2D eigenvalue weighted by atomic mass is 9.67. The van der Waals surface area contributed by atoms with Crippen molar-refractivity contribution in [3.05, 3.63) is 186 Å². The predicted molar refractivity (Wildman–Crippen MR) is 202 cm³/mol. The van der Waals surface area contributed by atoms with Crippen molar-refractivity contribution in [1.29, 1.82) is 0 Å². The van der Waals surface area contributed by atoms with Crippen molar-refractivity contribution in [2.75, 3.05) is 4.90 Å². The second-order valence-electron chi connectivity index (χ2n) is 14.1. The van der Waals surface area contributed by atoms with Gasteiger partial charge >= 0.3 is 0 Å². The van der Waals surface area contributed by atoms with E-state index in [0.717, 1.165) is 0 Å². The second kappa shape index (κ2) is 10.2. The molecule has 2 unspecified atom stereocenters. The zero-order valence-corrected chi connectivity index (χ0v) is 27.2. The lowest BCUT2D eigenvalue weighted by molar-refractivity contribution is 0.645. The molecular formula is C47H35N. The van der Waals surface area contributed by atoms with Gasteiger partial charge in [0.1, 0.15) is 0 Å². The Balaban J connectivity index is 1.33. The van der Waals surface area contributed by atoms with Crippen LogP contribution in [0.15, 0.2) is 158 Å². The van der Waals surface area contributed by atoms with Gasteiger partial charge in [0.05, 0.1) is 11.7 Å². The predicted octanol–water partition coefficient (Wildman–Crippen LogP) is 12.2. The van der Waals surface area contributed by atoms with Crippen molar-refractivity contribution >= 4 is 28.2 Å². The van der Waals surface area contributed by atoms with Crippen molar-refractivity contribution < 1.29 is 0 Å². The quantitative estimate of drug-likeness (QED) is 0.192. The van der Waals surface area contributed by atoms with Crippen molar-refractivity contribution in [3.63, 3.8) is 0 Å². The molecule has 2 atom stereocenters. The maximum atomic E-state index is 2.69. The second-order valence-corrected chi connectivity index (χ2v) is 14.1. The van der Waals surface area contributed by atoms with Crippen LogP contribution in [0, 0.1) is 0 Å². The number of hydrogen-bond acceptors (Lipinski definition) is 1. The topological polar surface area (TPSA) is 3.24 Å². The summed E-state index contributed by atoms with van der Waals surface area (Å²) in [4.78, 5) is 2.69. The third-order valence-corrected chi connectivity index (χ3v) is 11.1. The first-order valence-electron chi connectivity index (χ1n) is 17.1. The standard InChI is InChI=1S/C47H35N/c1-47(2)40-22-12-11-21-38(40)45-43-33(19-13-23-41(43)47)29-39-44-37-20-10-9-18-32(37)24-25-42(44)48(46(39)45)36-27-34(30-14-5-3-6-15-30)26-35(28-36)31-16-7-4-8-17-31/h3-29,42,44H,1-2H3. The summed E-state index contributed by atoms with van der Waals surface area (Å²) in [6, 6.07) is 56.6. The zero-order chi connectivity index (χ0) is 32.0. The van der Waals surface area contributed by atoms with E-state index >= 15 is 0 Å². The molecule has 228 valence electrons. The molecule has 7 aromatic rings. The maximum absolute atomic E-state index is 2.69. The van der Waals surface area contributed by atoms with Gasteiger partial charge in [-0.1, -0.05) is 153 Å². The van der Waals surface area contributed by atoms with E-state index in [2.05, 4.69) is 183 Å².